The number of likely N-dealkylation sites (N-methyl/N-ethyl adjacent to an activating group) is 1. The minimum atomic E-state index is -0.169. The van der Waals surface area contributed by atoms with Crippen molar-refractivity contribution in [2.45, 2.75) is 64.7 Å². The molecule has 1 heterocycles. The predicted molar refractivity (Wildman–Crippen MR) is 183 cm³/mol. The molecule has 2 aliphatic rings. The van der Waals surface area contributed by atoms with Gasteiger partial charge in [0, 0.05) is 29.3 Å². The minimum absolute atomic E-state index is 0.0633. The molecule has 1 aliphatic carbocycles. The predicted octanol–water partition coefficient (Wildman–Crippen LogP) is 11.0. The van der Waals surface area contributed by atoms with Crippen LogP contribution in [0.15, 0.2) is 132 Å². The third-order valence-electron chi connectivity index (χ3n) is 9.72. The lowest BCUT2D eigenvalue weighted by atomic mass is 9.74. The second-order valence-electron chi connectivity index (χ2n) is 13.2. The highest BCUT2D eigenvalue weighted by atomic mass is 15.2. The van der Waals surface area contributed by atoms with Crippen LogP contribution in [0.25, 0.3) is 21.5 Å². The van der Waals surface area contributed by atoms with Gasteiger partial charge >= 0.3 is 0 Å². The second-order valence-corrected chi connectivity index (χ2v) is 13.2. The lowest BCUT2D eigenvalue weighted by Crippen LogP contribution is -2.22. The molecule has 0 bridgehead atoms. The highest BCUT2D eigenvalue weighted by Crippen LogP contribution is 2.50. The van der Waals surface area contributed by atoms with Crippen LogP contribution in [0.2, 0.25) is 0 Å². The van der Waals surface area contributed by atoms with Crippen molar-refractivity contribution in [3.05, 3.63) is 149 Å². The summed E-state index contributed by atoms with van der Waals surface area (Å²) in [6, 6.07) is 26.5. The van der Waals surface area contributed by atoms with Crippen LogP contribution in [0.4, 0.5) is 5.69 Å². The van der Waals surface area contributed by atoms with E-state index >= 15 is 0 Å². The van der Waals surface area contributed by atoms with Crippen LogP contribution in [-0.2, 0) is 10.8 Å². The summed E-state index contributed by atoms with van der Waals surface area (Å²) in [6.45, 7) is 16.1. The number of aryl methyl sites for hydroxylation is 1. The van der Waals surface area contributed by atoms with Crippen LogP contribution < -0.4 is 4.90 Å². The lowest BCUT2D eigenvalue weighted by molar-refractivity contribution is 0.643. The quantitative estimate of drug-likeness (QED) is 0.224. The van der Waals surface area contributed by atoms with Gasteiger partial charge in [0.2, 0.25) is 0 Å². The average molecular weight is 550 g/mol. The highest BCUT2D eigenvalue weighted by Gasteiger charge is 2.39. The van der Waals surface area contributed by atoms with Gasteiger partial charge in [-0.3, -0.25) is 0 Å². The van der Waals surface area contributed by atoms with Crippen molar-refractivity contribution >= 4 is 27.2 Å². The maximum absolute atomic E-state index is 4.56. The van der Waals surface area contributed by atoms with E-state index in [1.54, 1.807) is 0 Å². The molecule has 4 aromatic rings. The third kappa shape index (κ3) is 4.75. The van der Waals surface area contributed by atoms with E-state index in [9.17, 15) is 0 Å². The van der Waals surface area contributed by atoms with Gasteiger partial charge in [-0.25, -0.2) is 0 Å². The molecule has 0 fully saturated rings. The van der Waals surface area contributed by atoms with E-state index in [4.69, 9.17) is 0 Å². The summed E-state index contributed by atoms with van der Waals surface area (Å²) in [4.78, 5) is 2.38. The van der Waals surface area contributed by atoms with Gasteiger partial charge in [0.25, 0.3) is 0 Å². The lowest BCUT2D eigenvalue weighted by Gasteiger charge is -2.30. The standard InChI is InChI=1S/C41H43N/c1-28-19-23-32-15-8-10-17-34(32)38(28)40(3,4)29(2)20-21-30-13-12-14-31(27-30)22-26-37-41(5,6)39-35-18-11-9-16-33(35)24-25-36(39)42(37)7/h8-11,15-27H,2,12-14H2,1,3-7H3/b21-20+,31-22+,37-26-. The summed E-state index contributed by atoms with van der Waals surface area (Å²) < 4.78 is 0. The normalized spacial score (nSPS) is 18.8. The van der Waals surface area contributed by atoms with Crippen LogP contribution in [0, 0.1) is 6.92 Å². The molecule has 1 nitrogen and oxygen atoms in total. The first kappa shape index (κ1) is 28.0. The SMILES string of the molecule is C=C(/C=C/C1=CC(=C/C=C2\N(C)c3ccc4ccccc4c3C2(C)C)/CCC1)C(C)(C)c1c(C)ccc2ccccc12. The number of allylic oxidation sites excluding steroid dienone is 9. The van der Waals surface area contributed by atoms with Crippen molar-refractivity contribution in [3.63, 3.8) is 0 Å². The first-order chi connectivity index (χ1) is 20.1. The van der Waals surface area contributed by atoms with Crippen molar-refractivity contribution in [2.24, 2.45) is 0 Å². The van der Waals surface area contributed by atoms with E-state index in [0.717, 1.165) is 18.4 Å². The zero-order valence-electron chi connectivity index (χ0n) is 26.1. The van der Waals surface area contributed by atoms with E-state index in [1.165, 1.54) is 67.2 Å². The summed E-state index contributed by atoms with van der Waals surface area (Å²) in [5, 5.41) is 5.27. The van der Waals surface area contributed by atoms with Crippen molar-refractivity contribution in [1.29, 1.82) is 0 Å². The molecule has 4 aromatic carbocycles. The summed E-state index contributed by atoms with van der Waals surface area (Å²) >= 11 is 0. The van der Waals surface area contributed by atoms with Crippen LogP contribution in [0.3, 0.4) is 0 Å². The van der Waals surface area contributed by atoms with Gasteiger partial charge in [0.1, 0.15) is 0 Å². The Bertz CT molecular complexity index is 1840. The average Bonchev–Trinajstić information content (AvgIpc) is 3.18. The first-order valence-corrected chi connectivity index (χ1v) is 15.3. The van der Waals surface area contributed by atoms with Gasteiger partial charge in [-0.15, -0.1) is 0 Å². The zero-order valence-corrected chi connectivity index (χ0v) is 26.1. The molecule has 0 N–H and O–H groups in total. The summed E-state index contributed by atoms with van der Waals surface area (Å²) in [6.07, 6.45) is 15.1. The molecule has 212 valence electrons. The number of nitrogens with zero attached hydrogens (tertiary/aromatic N) is 1. The van der Waals surface area contributed by atoms with E-state index in [1.807, 2.05) is 0 Å². The molecule has 0 saturated heterocycles. The van der Waals surface area contributed by atoms with E-state index in [0.29, 0.717) is 0 Å². The Balaban J connectivity index is 1.27. The molecule has 0 radical (unpaired) electrons. The number of anilines is 1. The van der Waals surface area contributed by atoms with Crippen LogP contribution in [-0.4, -0.2) is 7.05 Å². The van der Waals surface area contributed by atoms with Gasteiger partial charge in [-0.05, 0) is 93.3 Å². The molecule has 1 aliphatic heterocycles. The number of hydrogen-bond donors (Lipinski definition) is 0. The summed E-state index contributed by atoms with van der Waals surface area (Å²) in [5.41, 5.74) is 10.5. The monoisotopic (exact) mass is 549 g/mol. The molecule has 0 spiro atoms. The Labute approximate surface area is 252 Å². The zero-order chi connectivity index (χ0) is 29.6. The Hall–Kier alpha value is -4.10. The van der Waals surface area contributed by atoms with E-state index in [2.05, 4.69) is 156 Å². The number of fused-ring (bicyclic) bond motifs is 4. The smallest absolute Gasteiger partial charge is 0.0454 e. The van der Waals surface area contributed by atoms with E-state index < -0.39 is 0 Å². The third-order valence-corrected chi connectivity index (χ3v) is 9.72. The van der Waals surface area contributed by atoms with Gasteiger partial charge in [-0.2, -0.15) is 0 Å². The number of hydrogen-bond acceptors (Lipinski definition) is 1. The molecular weight excluding hydrogens is 506 g/mol. The fourth-order valence-corrected chi connectivity index (χ4v) is 7.31. The Morgan fingerprint density at radius 2 is 1.52 bits per heavy atom. The Morgan fingerprint density at radius 1 is 0.857 bits per heavy atom. The molecule has 0 saturated carbocycles. The topological polar surface area (TPSA) is 3.24 Å². The maximum Gasteiger partial charge on any atom is 0.0454 e. The van der Waals surface area contributed by atoms with Crippen molar-refractivity contribution in [2.75, 3.05) is 11.9 Å². The highest BCUT2D eigenvalue weighted by molar-refractivity contribution is 5.94. The van der Waals surface area contributed by atoms with E-state index in [-0.39, 0.29) is 10.8 Å². The van der Waals surface area contributed by atoms with Crippen molar-refractivity contribution < 1.29 is 0 Å². The van der Waals surface area contributed by atoms with Crippen LogP contribution >= 0.6 is 0 Å². The molecule has 1 heteroatoms. The summed E-state index contributed by atoms with van der Waals surface area (Å²) in [7, 11) is 2.21. The maximum atomic E-state index is 4.56. The number of rotatable bonds is 5. The molecule has 6 rings (SSSR count). The Morgan fingerprint density at radius 3 is 2.29 bits per heavy atom. The molecule has 0 aromatic heterocycles. The minimum Gasteiger partial charge on any atom is -0.347 e. The van der Waals surface area contributed by atoms with Crippen LogP contribution in [0.1, 0.15) is 63.6 Å². The molecule has 0 atom stereocenters. The van der Waals surface area contributed by atoms with Crippen molar-refractivity contribution in [1.82, 2.24) is 0 Å². The number of benzene rings is 4. The van der Waals surface area contributed by atoms with Gasteiger partial charge in [0.05, 0.1) is 0 Å². The second kappa shape index (κ2) is 10.6. The molecule has 42 heavy (non-hydrogen) atoms. The summed E-state index contributed by atoms with van der Waals surface area (Å²) in [5.74, 6) is 0. The van der Waals surface area contributed by atoms with Gasteiger partial charge in [-0.1, -0.05) is 125 Å². The molecule has 0 amide bonds. The molecule has 0 unspecified atom stereocenters. The Kier molecular flexibility index (Phi) is 7.09. The van der Waals surface area contributed by atoms with Gasteiger partial charge < -0.3 is 4.90 Å². The fraction of sp³-hybridized carbons (Fsp3) is 0.268. The molecular formula is C41H43N. The van der Waals surface area contributed by atoms with Crippen LogP contribution in [0.5, 0.6) is 0 Å². The van der Waals surface area contributed by atoms with Gasteiger partial charge in [0.15, 0.2) is 0 Å². The largest absolute Gasteiger partial charge is 0.347 e. The fourth-order valence-electron chi connectivity index (χ4n) is 7.31. The first-order valence-electron chi connectivity index (χ1n) is 15.3. The van der Waals surface area contributed by atoms with Crippen molar-refractivity contribution in [3.8, 4) is 0 Å².